The maximum atomic E-state index is 13.1. The lowest BCUT2D eigenvalue weighted by Gasteiger charge is -2.14. The molecule has 1 atom stereocenters. The molecule has 108 valence electrons. The van der Waals surface area contributed by atoms with Crippen LogP contribution in [0.5, 0.6) is 0 Å². The van der Waals surface area contributed by atoms with Crippen molar-refractivity contribution in [2.45, 2.75) is 33.2 Å². The Kier molecular flexibility index (Phi) is 6.95. The van der Waals surface area contributed by atoms with E-state index in [1.165, 1.54) is 12.1 Å². The molecular formula is C15H23F2NO. The Balaban J connectivity index is 2.25. The summed E-state index contributed by atoms with van der Waals surface area (Å²) in [5.41, 5.74) is 0.626. The summed E-state index contributed by atoms with van der Waals surface area (Å²) >= 11 is 0. The van der Waals surface area contributed by atoms with E-state index in [-0.39, 0.29) is 6.04 Å². The maximum absolute atomic E-state index is 13.1. The van der Waals surface area contributed by atoms with Gasteiger partial charge in [0.05, 0.1) is 0 Å². The molecule has 0 fully saturated rings. The second-order valence-corrected chi connectivity index (χ2v) is 5.20. The number of ether oxygens (including phenoxy) is 1. The SMILES string of the molecule is CC(C)COCCCNC(C)c1cc(F)cc(F)c1. The molecule has 1 aromatic rings. The van der Waals surface area contributed by atoms with Gasteiger partial charge in [-0.05, 0) is 43.5 Å². The molecule has 0 heterocycles. The standard InChI is InChI=1S/C15H23F2NO/c1-11(2)10-19-6-4-5-18-12(3)13-7-14(16)9-15(17)8-13/h7-9,11-12,18H,4-6,10H2,1-3H3. The topological polar surface area (TPSA) is 21.3 Å². The summed E-state index contributed by atoms with van der Waals surface area (Å²) in [6.45, 7) is 8.35. The molecule has 4 heteroatoms. The maximum Gasteiger partial charge on any atom is 0.126 e. The summed E-state index contributed by atoms with van der Waals surface area (Å²) in [7, 11) is 0. The zero-order valence-electron chi connectivity index (χ0n) is 11.9. The number of nitrogens with one attached hydrogen (secondary N) is 1. The number of hydrogen-bond acceptors (Lipinski definition) is 2. The van der Waals surface area contributed by atoms with Crippen LogP contribution in [0.2, 0.25) is 0 Å². The molecule has 0 aromatic heterocycles. The summed E-state index contributed by atoms with van der Waals surface area (Å²) in [5, 5.41) is 3.23. The van der Waals surface area contributed by atoms with Gasteiger partial charge >= 0.3 is 0 Å². The van der Waals surface area contributed by atoms with E-state index >= 15 is 0 Å². The normalized spacial score (nSPS) is 12.9. The van der Waals surface area contributed by atoms with Gasteiger partial charge in [-0.15, -0.1) is 0 Å². The predicted octanol–water partition coefficient (Wildman–Crippen LogP) is 3.68. The Morgan fingerprint density at radius 3 is 2.32 bits per heavy atom. The van der Waals surface area contributed by atoms with Crippen LogP contribution in [0.25, 0.3) is 0 Å². The van der Waals surface area contributed by atoms with Crippen LogP contribution in [0, 0.1) is 17.6 Å². The molecule has 19 heavy (non-hydrogen) atoms. The Morgan fingerprint density at radius 1 is 1.11 bits per heavy atom. The quantitative estimate of drug-likeness (QED) is 0.728. The highest BCUT2D eigenvalue weighted by atomic mass is 19.1. The van der Waals surface area contributed by atoms with Crippen molar-refractivity contribution in [1.82, 2.24) is 5.32 Å². The first-order valence-electron chi connectivity index (χ1n) is 6.76. The summed E-state index contributed by atoms with van der Waals surface area (Å²) in [4.78, 5) is 0. The lowest BCUT2D eigenvalue weighted by molar-refractivity contribution is 0.107. The molecular weight excluding hydrogens is 248 g/mol. The molecule has 0 aliphatic rings. The Bertz CT molecular complexity index is 362. The van der Waals surface area contributed by atoms with Crippen molar-refractivity contribution < 1.29 is 13.5 Å². The van der Waals surface area contributed by atoms with E-state index in [0.29, 0.717) is 18.1 Å². The Labute approximate surface area is 114 Å². The van der Waals surface area contributed by atoms with Gasteiger partial charge in [0.2, 0.25) is 0 Å². The van der Waals surface area contributed by atoms with Gasteiger partial charge in [0.15, 0.2) is 0 Å². The second-order valence-electron chi connectivity index (χ2n) is 5.20. The third-order valence-electron chi connectivity index (χ3n) is 2.75. The molecule has 0 amide bonds. The van der Waals surface area contributed by atoms with Crippen molar-refractivity contribution >= 4 is 0 Å². The van der Waals surface area contributed by atoms with Crippen LogP contribution < -0.4 is 5.32 Å². The smallest absolute Gasteiger partial charge is 0.126 e. The monoisotopic (exact) mass is 271 g/mol. The van der Waals surface area contributed by atoms with Crippen molar-refractivity contribution in [2.75, 3.05) is 19.8 Å². The van der Waals surface area contributed by atoms with Crippen LogP contribution in [0.3, 0.4) is 0 Å². The van der Waals surface area contributed by atoms with E-state index in [0.717, 1.165) is 25.6 Å². The van der Waals surface area contributed by atoms with Crippen LogP contribution in [0.1, 0.15) is 38.8 Å². The minimum absolute atomic E-state index is 0.0738. The zero-order chi connectivity index (χ0) is 14.3. The van der Waals surface area contributed by atoms with Crippen LogP contribution in [0.4, 0.5) is 8.78 Å². The van der Waals surface area contributed by atoms with Gasteiger partial charge in [0.25, 0.3) is 0 Å². The van der Waals surface area contributed by atoms with E-state index in [2.05, 4.69) is 19.2 Å². The number of hydrogen-bond donors (Lipinski definition) is 1. The van der Waals surface area contributed by atoms with Crippen LogP contribution in [0.15, 0.2) is 18.2 Å². The number of benzene rings is 1. The summed E-state index contributed by atoms with van der Waals surface area (Å²) in [5.74, 6) is -0.532. The zero-order valence-corrected chi connectivity index (χ0v) is 11.9. The summed E-state index contributed by atoms with van der Waals surface area (Å²) in [6, 6.07) is 3.53. The lowest BCUT2D eigenvalue weighted by Crippen LogP contribution is -2.21. The molecule has 2 nitrogen and oxygen atoms in total. The van der Waals surface area contributed by atoms with E-state index in [4.69, 9.17) is 4.74 Å². The van der Waals surface area contributed by atoms with Crippen molar-refractivity contribution in [3.8, 4) is 0 Å². The van der Waals surface area contributed by atoms with Gasteiger partial charge in [-0.1, -0.05) is 13.8 Å². The fourth-order valence-corrected chi connectivity index (χ4v) is 1.75. The number of rotatable bonds is 8. The average molecular weight is 271 g/mol. The van der Waals surface area contributed by atoms with E-state index < -0.39 is 11.6 Å². The summed E-state index contributed by atoms with van der Waals surface area (Å²) < 4.78 is 31.6. The second kappa shape index (κ2) is 8.23. The first-order valence-corrected chi connectivity index (χ1v) is 6.76. The molecule has 0 aliphatic heterocycles. The highest BCUT2D eigenvalue weighted by Crippen LogP contribution is 2.15. The minimum atomic E-state index is -0.538. The average Bonchev–Trinajstić information content (AvgIpc) is 2.31. The largest absolute Gasteiger partial charge is 0.381 e. The van der Waals surface area contributed by atoms with Crippen LogP contribution in [-0.2, 0) is 4.74 Å². The van der Waals surface area contributed by atoms with Gasteiger partial charge in [0.1, 0.15) is 11.6 Å². The third kappa shape index (κ3) is 6.64. The van der Waals surface area contributed by atoms with Gasteiger partial charge in [-0.2, -0.15) is 0 Å². The predicted molar refractivity (Wildman–Crippen MR) is 73.0 cm³/mol. The highest BCUT2D eigenvalue weighted by Gasteiger charge is 2.07. The van der Waals surface area contributed by atoms with Crippen molar-refractivity contribution in [3.05, 3.63) is 35.4 Å². The van der Waals surface area contributed by atoms with Crippen molar-refractivity contribution in [3.63, 3.8) is 0 Å². The third-order valence-corrected chi connectivity index (χ3v) is 2.75. The molecule has 0 saturated heterocycles. The van der Waals surface area contributed by atoms with Crippen molar-refractivity contribution in [2.24, 2.45) is 5.92 Å². The molecule has 0 saturated carbocycles. The van der Waals surface area contributed by atoms with E-state index in [1.807, 2.05) is 6.92 Å². The molecule has 1 rings (SSSR count). The fourth-order valence-electron chi connectivity index (χ4n) is 1.75. The molecule has 0 bridgehead atoms. The minimum Gasteiger partial charge on any atom is -0.381 e. The molecule has 1 aromatic carbocycles. The molecule has 1 N–H and O–H groups in total. The molecule has 0 aliphatic carbocycles. The molecule has 0 radical (unpaired) electrons. The first-order chi connectivity index (χ1) is 8.99. The molecule has 0 spiro atoms. The van der Waals surface area contributed by atoms with Gasteiger partial charge in [0, 0.05) is 25.3 Å². The lowest BCUT2D eigenvalue weighted by atomic mass is 10.1. The van der Waals surface area contributed by atoms with Crippen LogP contribution in [-0.4, -0.2) is 19.8 Å². The Hall–Kier alpha value is -1.00. The van der Waals surface area contributed by atoms with E-state index in [9.17, 15) is 8.78 Å². The van der Waals surface area contributed by atoms with Crippen molar-refractivity contribution in [1.29, 1.82) is 0 Å². The summed E-state index contributed by atoms with van der Waals surface area (Å²) in [6.07, 6.45) is 0.884. The van der Waals surface area contributed by atoms with Crippen LogP contribution >= 0.6 is 0 Å². The number of halogens is 2. The fraction of sp³-hybridized carbons (Fsp3) is 0.600. The van der Waals surface area contributed by atoms with Gasteiger partial charge < -0.3 is 10.1 Å². The van der Waals surface area contributed by atoms with Gasteiger partial charge in [-0.3, -0.25) is 0 Å². The highest BCUT2D eigenvalue weighted by molar-refractivity contribution is 5.20. The molecule has 1 unspecified atom stereocenters. The van der Waals surface area contributed by atoms with E-state index in [1.54, 1.807) is 0 Å². The van der Waals surface area contributed by atoms with Gasteiger partial charge in [-0.25, -0.2) is 8.78 Å². The first kappa shape index (κ1) is 16.1. The Morgan fingerprint density at radius 2 is 1.74 bits per heavy atom.